The highest BCUT2D eigenvalue weighted by Gasteiger charge is 2.21. The van der Waals surface area contributed by atoms with Crippen molar-refractivity contribution in [3.05, 3.63) is 59.9 Å². The lowest BCUT2D eigenvalue weighted by atomic mass is 10.0. The van der Waals surface area contributed by atoms with Crippen LogP contribution in [0.15, 0.2) is 48.5 Å². The Kier molecular flexibility index (Phi) is 4.59. The normalized spacial score (nSPS) is 14.9. The molecule has 4 rings (SSSR count). The number of H-pyrrole nitrogens is 1. The predicted molar refractivity (Wildman–Crippen MR) is 100 cm³/mol. The van der Waals surface area contributed by atoms with Gasteiger partial charge in [0, 0.05) is 18.7 Å². The highest BCUT2D eigenvalue weighted by atomic mass is 19.1. The van der Waals surface area contributed by atoms with E-state index >= 15 is 0 Å². The Hall–Kier alpha value is -3.20. The number of anilines is 1. The van der Waals surface area contributed by atoms with Crippen molar-refractivity contribution in [3.63, 3.8) is 0 Å². The Balaban J connectivity index is 1.61. The molecule has 6 heteroatoms. The van der Waals surface area contributed by atoms with E-state index in [-0.39, 0.29) is 5.82 Å². The number of nitrogens with one attached hydrogen (secondary N) is 1. The maximum absolute atomic E-state index is 13.4. The standard InChI is InChI=1S/C21H18F2N4/c22-17-4-1-14(2-5-17)19-12-20(26-25-19)15-3-6-21(16(11-15)13-24)27-9-7-18(23)8-10-27/h1-6,11-12,18H,7-10H2,(H,25,26). The maximum atomic E-state index is 13.4. The van der Waals surface area contributed by atoms with E-state index in [0.29, 0.717) is 37.2 Å². The number of nitrogens with zero attached hydrogens (tertiary/aromatic N) is 3. The van der Waals surface area contributed by atoms with Crippen LogP contribution in [-0.4, -0.2) is 29.5 Å². The monoisotopic (exact) mass is 364 g/mol. The molecule has 1 saturated heterocycles. The van der Waals surface area contributed by atoms with Crippen molar-refractivity contribution in [2.75, 3.05) is 18.0 Å². The number of aromatic amines is 1. The fourth-order valence-electron chi connectivity index (χ4n) is 3.40. The zero-order valence-corrected chi connectivity index (χ0v) is 14.6. The Morgan fingerprint density at radius 3 is 2.44 bits per heavy atom. The van der Waals surface area contributed by atoms with E-state index in [0.717, 1.165) is 22.5 Å². The zero-order valence-electron chi connectivity index (χ0n) is 14.6. The maximum Gasteiger partial charge on any atom is 0.123 e. The summed E-state index contributed by atoms with van der Waals surface area (Å²) in [5.74, 6) is -0.287. The van der Waals surface area contributed by atoms with Gasteiger partial charge in [-0.3, -0.25) is 5.10 Å². The lowest BCUT2D eigenvalue weighted by molar-refractivity contribution is 0.277. The van der Waals surface area contributed by atoms with Gasteiger partial charge in [0.2, 0.25) is 0 Å². The summed E-state index contributed by atoms with van der Waals surface area (Å²) in [7, 11) is 0. The average Bonchev–Trinajstić information content (AvgIpc) is 3.19. The van der Waals surface area contributed by atoms with Crippen LogP contribution in [0, 0.1) is 17.1 Å². The zero-order chi connectivity index (χ0) is 18.8. The van der Waals surface area contributed by atoms with Crippen LogP contribution < -0.4 is 4.90 Å². The number of hydrogen-bond acceptors (Lipinski definition) is 3. The van der Waals surface area contributed by atoms with Crippen molar-refractivity contribution < 1.29 is 8.78 Å². The highest BCUT2D eigenvalue weighted by molar-refractivity contribution is 5.73. The van der Waals surface area contributed by atoms with E-state index in [4.69, 9.17) is 0 Å². The second kappa shape index (κ2) is 7.20. The molecule has 136 valence electrons. The summed E-state index contributed by atoms with van der Waals surface area (Å²) >= 11 is 0. The predicted octanol–water partition coefficient (Wildman–Crippen LogP) is 4.69. The number of halogens is 2. The molecule has 0 bridgehead atoms. The fourth-order valence-corrected chi connectivity index (χ4v) is 3.40. The Morgan fingerprint density at radius 2 is 1.74 bits per heavy atom. The summed E-state index contributed by atoms with van der Waals surface area (Å²) in [6.45, 7) is 1.23. The molecular formula is C21H18F2N4. The van der Waals surface area contributed by atoms with Crippen molar-refractivity contribution in [2.24, 2.45) is 0 Å². The lowest BCUT2D eigenvalue weighted by Crippen LogP contribution is -2.34. The first kappa shape index (κ1) is 17.2. The number of benzene rings is 2. The van der Waals surface area contributed by atoms with Crippen LogP contribution in [-0.2, 0) is 0 Å². The van der Waals surface area contributed by atoms with E-state index < -0.39 is 6.17 Å². The number of rotatable bonds is 3. The third-order valence-electron chi connectivity index (χ3n) is 4.91. The molecule has 27 heavy (non-hydrogen) atoms. The first-order valence-electron chi connectivity index (χ1n) is 8.89. The van der Waals surface area contributed by atoms with Crippen LogP contribution >= 0.6 is 0 Å². The summed E-state index contributed by atoms with van der Waals surface area (Å²) in [5.41, 5.74) is 4.53. The summed E-state index contributed by atoms with van der Waals surface area (Å²) in [4.78, 5) is 2.06. The molecule has 1 aromatic heterocycles. The van der Waals surface area contributed by atoms with Crippen LogP contribution in [0.4, 0.5) is 14.5 Å². The topological polar surface area (TPSA) is 55.7 Å². The molecule has 0 unspecified atom stereocenters. The number of alkyl halides is 1. The van der Waals surface area contributed by atoms with Crippen molar-refractivity contribution in [1.29, 1.82) is 5.26 Å². The largest absolute Gasteiger partial charge is 0.370 e. The van der Waals surface area contributed by atoms with Crippen LogP contribution in [0.25, 0.3) is 22.5 Å². The summed E-state index contributed by atoms with van der Waals surface area (Å²) in [6, 6.07) is 15.9. The first-order chi connectivity index (χ1) is 13.1. The molecule has 1 fully saturated rings. The Morgan fingerprint density at radius 1 is 1.04 bits per heavy atom. The van der Waals surface area contributed by atoms with Crippen LogP contribution in [0.5, 0.6) is 0 Å². The van der Waals surface area contributed by atoms with Gasteiger partial charge in [-0.05, 0) is 60.9 Å². The molecule has 0 atom stereocenters. The highest BCUT2D eigenvalue weighted by Crippen LogP contribution is 2.30. The van der Waals surface area contributed by atoms with Gasteiger partial charge in [-0.25, -0.2) is 8.78 Å². The van der Waals surface area contributed by atoms with E-state index in [2.05, 4.69) is 21.2 Å². The van der Waals surface area contributed by atoms with Gasteiger partial charge >= 0.3 is 0 Å². The number of piperidine rings is 1. The first-order valence-corrected chi connectivity index (χ1v) is 8.89. The molecule has 0 radical (unpaired) electrons. The molecule has 2 aromatic carbocycles. The Labute approximate surface area is 156 Å². The van der Waals surface area contributed by atoms with Gasteiger partial charge in [0.05, 0.1) is 22.6 Å². The fraction of sp³-hybridized carbons (Fsp3) is 0.238. The van der Waals surface area contributed by atoms with Crippen molar-refractivity contribution in [2.45, 2.75) is 19.0 Å². The van der Waals surface area contributed by atoms with Gasteiger partial charge in [0.15, 0.2) is 0 Å². The van der Waals surface area contributed by atoms with E-state index in [9.17, 15) is 14.0 Å². The molecule has 0 amide bonds. The molecule has 3 aromatic rings. The molecule has 0 spiro atoms. The van der Waals surface area contributed by atoms with E-state index in [1.54, 1.807) is 12.1 Å². The summed E-state index contributed by atoms with van der Waals surface area (Å²) in [5, 5.41) is 16.8. The van der Waals surface area contributed by atoms with Gasteiger partial charge in [-0.2, -0.15) is 10.4 Å². The number of nitriles is 1. The molecule has 1 aliphatic heterocycles. The van der Waals surface area contributed by atoms with Crippen molar-refractivity contribution >= 4 is 5.69 Å². The van der Waals surface area contributed by atoms with Gasteiger partial charge < -0.3 is 4.90 Å². The SMILES string of the molecule is N#Cc1cc(-c2cc(-c3ccc(F)cc3)[nH]n2)ccc1N1CCC(F)CC1. The van der Waals surface area contributed by atoms with E-state index in [1.807, 2.05) is 24.3 Å². The molecular weight excluding hydrogens is 346 g/mol. The van der Waals surface area contributed by atoms with Crippen LogP contribution in [0.3, 0.4) is 0 Å². The minimum atomic E-state index is -0.750. The second-order valence-electron chi connectivity index (χ2n) is 6.68. The molecule has 2 heterocycles. The van der Waals surface area contributed by atoms with Crippen LogP contribution in [0.1, 0.15) is 18.4 Å². The number of hydrogen-bond donors (Lipinski definition) is 1. The third kappa shape index (κ3) is 3.54. The van der Waals surface area contributed by atoms with Crippen molar-refractivity contribution in [1.82, 2.24) is 10.2 Å². The number of aromatic nitrogens is 2. The van der Waals surface area contributed by atoms with E-state index in [1.165, 1.54) is 12.1 Å². The molecule has 4 nitrogen and oxygen atoms in total. The summed E-state index contributed by atoms with van der Waals surface area (Å²) in [6.07, 6.45) is 0.236. The molecule has 0 saturated carbocycles. The average molecular weight is 364 g/mol. The minimum Gasteiger partial charge on any atom is -0.370 e. The van der Waals surface area contributed by atoms with Gasteiger partial charge in [0.1, 0.15) is 18.1 Å². The summed E-state index contributed by atoms with van der Waals surface area (Å²) < 4.78 is 26.5. The van der Waals surface area contributed by atoms with Crippen LogP contribution in [0.2, 0.25) is 0 Å². The molecule has 1 N–H and O–H groups in total. The van der Waals surface area contributed by atoms with Gasteiger partial charge in [0.25, 0.3) is 0 Å². The van der Waals surface area contributed by atoms with Crippen molar-refractivity contribution in [3.8, 4) is 28.6 Å². The molecule has 0 aliphatic carbocycles. The second-order valence-corrected chi connectivity index (χ2v) is 6.68. The Bertz CT molecular complexity index is 980. The third-order valence-corrected chi connectivity index (χ3v) is 4.91. The smallest absolute Gasteiger partial charge is 0.123 e. The minimum absolute atomic E-state index is 0.287. The van der Waals surface area contributed by atoms with Gasteiger partial charge in [-0.15, -0.1) is 0 Å². The molecule has 1 aliphatic rings. The lowest BCUT2D eigenvalue weighted by Gasteiger charge is -2.31. The quantitative estimate of drug-likeness (QED) is 0.733. The van der Waals surface area contributed by atoms with Gasteiger partial charge in [-0.1, -0.05) is 6.07 Å².